The Balaban J connectivity index is 0.000000368. The molecule has 7 heteroatoms. The summed E-state index contributed by atoms with van der Waals surface area (Å²) >= 11 is 0. The van der Waals surface area contributed by atoms with Gasteiger partial charge < -0.3 is 4.90 Å². The van der Waals surface area contributed by atoms with Gasteiger partial charge in [-0.15, -0.1) is 0 Å². The van der Waals surface area contributed by atoms with Gasteiger partial charge in [-0.1, -0.05) is 30.3 Å². The van der Waals surface area contributed by atoms with E-state index in [0.29, 0.717) is 11.8 Å². The Labute approximate surface area is 141 Å². The molecule has 0 saturated heterocycles. The number of rotatable bonds is 2. The predicted molar refractivity (Wildman–Crippen MR) is 91.8 cm³/mol. The number of hydrogen-bond acceptors (Lipinski definition) is 4. The zero-order chi connectivity index (χ0) is 17.6. The molecular formula is C17H18N2O4S. The minimum atomic E-state index is -3.67. The van der Waals surface area contributed by atoms with E-state index in [9.17, 15) is 13.2 Å². The van der Waals surface area contributed by atoms with Crippen LogP contribution < -0.4 is 0 Å². The molecule has 0 unspecified atom stereocenters. The van der Waals surface area contributed by atoms with Crippen LogP contribution in [-0.4, -0.2) is 41.6 Å². The molecule has 24 heavy (non-hydrogen) atoms. The van der Waals surface area contributed by atoms with E-state index in [0.717, 1.165) is 13.0 Å². The normalized spacial score (nSPS) is 13.8. The highest BCUT2D eigenvalue weighted by Gasteiger charge is 2.20. The van der Waals surface area contributed by atoms with Crippen LogP contribution >= 0.6 is 0 Å². The van der Waals surface area contributed by atoms with Crippen LogP contribution in [0.15, 0.2) is 61.1 Å². The van der Waals surface area contributed by atoms with Crippen molar-refractivity contribution in [3.05, 3.63) is 72.2 Å². The Bertz CT molecular complexity index is 810. The molecule has 0 atom stereocenters. The fraction of sp³-hybridized carbons (Fsp3) is 0.176. The quantitative estimate of drug-likeness (QED) is 0.844. The van der Waals surface area contributed by atoms with Crippen molar-refractivity contribution in [2.75, 3.05) is 12.8 Å². The second kappa shape index (κ2) is 7.85. The van der Waals surface area contributed by atoms with Gasteiger partial charge in [0, 0.05) is 25.1 Å². The van der Waals surface area contributed by atoms with E-state index in [2.05, 4.69) is 17.1 Å². The maximum Gasteiger partial charge on any atom is 0.261 e. The topological polar surface area (TPSA) is 87.6 Å². The van der Waals surface area contributed by atoms with Gasteiger partial charge in [-0.25, -0.2) is 0 Å². The largest absolute Gasteiger partial charge is 0.314 e. The Kier molecular flexibility index (Phi) is 5.83. The van der Waals surface area contributed by atoms with Crippen molar-refractivity contribution in [2.45, 2.75) is 6.42 Å². The molecule has 126 valence electrons. The van der Waals surface area contributed by atoms with E-state index in [4.69, 9.17) is 4.55 Å². The second-order valence-corrected chi connectivity index (χ2v) is 6.71. The maximum absolute atomic E-state index is 12.3. The van der Waals surface area contributed by atoms with Gasteiger partial charge in [-0.3, -0.25) is 14.3 Å². The number of carbonyl (C=O) groups excluding carboxylic acids is 1. The molecule has 1 aliphatic heterocycles. The van der Waals surface area contributed by atoms with Gasteiger partial charge in [0.1, 0.15) is 0 Å². The summed E-state index contributed by atoms with van der Waals surface area (Å²) < 4.78 is 25.9. The highest BCUT2D eigenvalue weighted by atomic mass is 32.2. The highest BCUT2D eigenvalue weighted by molar-refractivity contribution is 7.85. The van der Waals surface area contributed by atoms with E-state index in [1.54, 1.807) is 29.4 Å². The van der Waals surface area contributed by atoms with Gasteiger partial charge in [0.2, 0.25) is 0 Å². The van der Waals surface area contributed by atoms with Crippen LogP contribution in [0.5, 0.6) is 0 Å². The van der Waals surface area contributed by atoms with Crippen molar-refractivity contribution >= 4 is 21.6 Å². The van der Waals surface area contributed by atoms with E-state index >= 15 is 0 Å². The summed E-state index contributed by atoms with van der Waals surface area (Å²) in [5, 5.41) is 0. The molecule has 1 amide bonds. The number of carbonyl (C=O) groups is 1. The average molecular weight is 346 g/mol. The van der Waals surface area contributed by atoms with Gasteiger partial charge in [-0.05, 0) is 29.7 Å². The minimum Gasteiger partial charge on any atom is -0.314 e. The fourth-order valence-corrected chi connectivity index (χ4v) is 2.24. The third-order valence-electron chi connectivity index (χ3n) is 3.25. The van der Waals surface area contributed by atoms with Crippen LogP contribution in [0.4, 0.5) is 0 Å². The molecular weight excluding hydrogens is 328 g/mol. The van der Waals surface area contributed by atoms with Crippen molar-refractivity contribution in [1.82, 2.24) is 9.88 Å². The van der Waals surface area contributed by atoms with Crippen molar-refractivity contribution in [1.29, 1.82) is 0 Å². The lowest BCUT2D eigenvalue weighted by atomic mass is 10.1. The first-order valence-corrected chi connectivity index (χ1v) is 9.09. The number of nitrogens with zero attached hydrogens (tertiary/aromatic N) is 2. The molecule has 3 rings (SSSR count). The Hall–Kier alpha value is -2.51. The maximum atomic E-state index is 12.3. The first-order valence-electron chi connectivity index (χ1n) is 7.24. The summed E-state index contributed by atoms with van der Waals surface area (Å²) in [6.45, 7) is 0.734. The summed E-state index contributed by atoms with van der Waals surface area (Å²) in [6.07, 6.45) is 6.84. The number of aromatic nitrogens is 1. The minimum absolute atomic E-state index is 0.0130. The number of hydrogen-bond donors (Lipinski definition) is 1. The molecule has 1 aromatic heterocycles. The van der Waals surface area contributed by atoms with E-state index in [1.807, 2.05) is 24.4 Å². The Morgan fingerprint density at radius 2 is 1.83 bits per heavy atom. The summed E-state index contributed by atoms with van der Waals surface area (Å²) in [7, 11) is -3.67. The monoisotopic (exact) mass is 346 g/mol. The zero-order valence-corrected chi connectivity index (χ0v) is 14.0. The van der Waals surface area contributed by atoms with Gasteiger partial charge in [0.05, 0.1) is 11.8 Å². The molecule has 0 bridgehead atoms. The summed E-state index contributed by atoms with van der Waals surface area (Å²) in [6, 6.07) is 13.8. The van der Waals surface area contributed by atoms with Crippen molar-refractivity contribution in [3.63, 3.8) is 0 Å². The van der Waals surface area contributed by atoms with Crippen molar-refractivity contribution in [2.24, 2.45) is 0 Å². The molecule has 1 aromatic carbocycles. The molecule has 2 heterocycles. The second-order valence-electron chi connectivity index (χ2n) is 5.24. The van der Waals surface area contributed by atoms with Crippen LogP contribution in [0.2, 0.25) is 0 Å². The fourth-order valence-electron chi connectivity index (χ4n) is 2.24. The van der Waals surface area contributed by atoms with Crippen LogP contribution in [0.1, 0.15) is 22.3 Å². The number of pyridine rings is 1. The molecule has 1 aliphatic rings. The molecule has 0 aliphatic carbocycles. The van der Waals surface area contributed by atoms with Crippen LogP contribution in [0.3, 0.4) is 0 Å². The molecule has 0 saturated carbocycles. The predicted octanol–water partition coefficient (Wildman–Crippen LogP) is 2.47. The summed E-state index contributed by atoms with van der Waals surface area (Å²) in [5.41, 5.74) is 3.02. The van der Waals surface area contributed by atoms with Crippen LogP contribution in [0, 0.1) is 0 Å². The smallest absolute Gasteiger partial charge is 0.261 e. The lowest BCUT2D eigenvalue weighted by molar-refractivity contribution is 0.0832. The lowest BCUT2D eigenvalue weighted by Crippen LogP contribution is -2.23. The molecule has 6 nitrogen and oxygen atoms in total. The third-order valence-corrected chi connectivity index (χ3v) is 3.25. The SMILES string of the molecule is CS(=O)(=O)O.O=C(c1cccnc1)N1C=C(c2ccccc2)CC1. The van der Waals surface area contributed by atoms with Gasteiger partial charge in [0.15, 0.2) is 0 Å². The van der Waals surface area contributed by atoms with Gasteiger partial charge >= 0.3 is 0 Å². The molecule has 2 aromatic rings. The average Bonchev–Trinajstić information content (AvgIpc) is 3.04. The zero-order valence-electron chi connectivity index (χ0n) is 13.2. The number of benzene rings is 1. The molecule has 0 radical (unpaired) electrons. The van der Waals surface area contributed by atoms with E-state index in [-0.39, 0.29) is 5.91 Å². The summed E-state index contributed by atoms with van der Waals surface area (Å²) in [4.78, 5) is 18.0. The summed E-state index contributed by atoms with van der Waals surface area (Å²) in [5.74, 6) is 0.0130. The molecule has 0 fully saturated rings. The van der Waals surface area contributed by atoms with Gasteiger partial charge in [0.25, 0.3) is 16.0 Å². The van der Waals surface area contributed by atoms with Crippen molar-refractivity contribution in [3.8, 4) is 0 Å². The van der Waals surface area contributed by atoms with Crippen molar-refractivity contribution < 1.29 is 17.8 Å². The highest BCUT2D eigenvalue weighted by Crippen LogP contribution is 2.25. The van der Waals surface area contributed by atoms with Crippen LogP contribution in [-0.2, 0) is 10.1 Å². The lowest BCUT2D eigenvalue weighted by Gasteiger charge is -2.12. The Morgan fingerprint density at radius 3 is 2.42 bits per heavy atom. The standard InChI is InChI=1S/C16H14N2O.CH4O3S/c19-16(14-7-4-9-17-11-14)18-10-8-15(12-18)13-5-2-1-3-6-13;1-5(2,3)4/h1-7,9,11-12H,8,10H2;1H3,(H,2,3,4). The first-order chi connectivity index (χ1) is 11.3. The first kappa shape index (κ1) is 17.8. The number of amides is 1. The van der Waals surface area contributed by atoms with Crippen LogP contribution in [0.25, 0.3) is 5.57 Å². The molecule has 0 spiro atoms. The van der Waals surface area contributed by atoms with E-state index in [1.165, 1.54) is 11.1 Å². The Morgan fingerprint density at radius 1 is 1.17 bits per heavy atom. The van der Waals surface area contributed by atoms with Gasteiger partial charge in [-0.2, -0.15) is 8.42 Å². The van der Waals surface area contributed by atoms with E-state index < -0.39 is 10.1 Å². The third kappa shape index (κ3) is 5.60. The molecule has 1 N–H and O–H groups in total.